The largest absolute Gasteiger partial charge is 0.368 e. The van der Waals surface area contributed by atoms with Gasteiger partial charge in [0.25, 0.3) is 5.91 Å². The monoisotopic (exact) mass is 384 g/mol. The second-order valence-corrected chi connectivity index (χ2v) is 6.83. The molecule has 134 valence electrons. The lowest BCUT2D eigenvalue weighted by Gasteiger charge is -2.36. The molecule has 3 rings (SSSR count). The Morgan fingerprint density at radius 2 is 1.84 bits per heavy atom. The van der Waals surface area contributed by atoms with Crippen molar-refractivity contribution in [2.45, 2.75) is 18.9 Å². The Kier molecular flexibility index (Phi) is 5.34. The summed E-state index contributed by atoms with van der Waals surface area (Å²) in [5.41, 5.74) is 0.979. The van der Waals surface area contributed by atoms with E-state index < -0.39 is 12.1 Å². The van der Waals surface area contributed by atoms with Gasteiger partial charge in [-0.2, -0.15) is 0 Å². The maximum absolute atomic E-state index is 12.3. The highest BCUT2D eigenvalue weighted by atomic mass is 35.5. The van der Waals surface area contributed by atoms with E-state index in [1.165, 1.54) is 0 Å². The zero-order valence-corrected chi connectivity index (χ0v) is 14.9. The lowest BCUT2D eigenvalue weighted by molar-refractivity contribution is -0.131. The predicted octanol–water partition coefficient (Wildman–Crippen LogP) is 1.63. The summed E-state index contributed by atoms with van der Waals surface area (Å²) in [5, 5.41) is 5.69. The van der Waals surface area contributed by atoms with Gasteiger partial charge in [-0.05, 0) is 24.6 Å². The van der Waals surface area contributed by atoms with Crippen molar-refractivity contribution >= 4 is 46.7 Å². The first-order chi connectivity index (χ1) is 11.9. The van der Waals surface area contributed by atoms with E-state index in [4.69, 9.17) is 23.2 Å². The first-order valence-corrected chi connectivity index (χ1v) is 8.79. The van der Waals surface area contributed by atoms with Gasteiger partial charge in [-0.15, -0.1) is 0 Å². The average molecular weight is 385 g/mol. The van der Waals surface area contributed by atoms with Crippen LogP contribution in [0.25, 0.3) is 0 Å². The maximum atomic E-state index is 12.3. The molecule has 2 N–H and O–H groups in total. The first kappa shape index (κ1) is 17.8. The fourth-order valence-electron chi connectivity index (χ4n) is 2.98. The molecule has 2 aliphatic rings. The number of piperazine rings is 1. The zero-order valence-electron chi connectivity index (χ0n) is 13.4. The minimum Gasteiger partial charge on any atom is -0.368 e. The van der Waals surface area contributed by atoms with Crippen molar-refractivity contribution in [3.63, 3.8) is 0 Å². The van der Waals surface area contributed by atoms with Crippen molar-refractivity contribution in [2.75, 3.05) is 31.1 Å². The van der Waals surface area contributed by atoms with Crippen LogP contribution in [0, 0.1) is 0 Å². The molecule has 0 aliphatic carbocycles. The summed E-state index contributed by atoms with van der Waals surface area (Å²) in [7, 11) is 0. The SMILES string of the molecule is O=C1NC(=O)C(CCC(=O)N2CCN(c3ccc(Cl)c(Cl)c3)CC2)N1. The molecule has 1 atom stereocenters. The number of hydrogen-bond donors (Lipinski definition) is 2. The minimum absolute atomic E-state index is 0.0114. The molecule has 2 heterocycles. The third-order valence-electron chi connectivity index (χ3n) is 4.41. The van der Waals surface area contributed by atoms with Crippen LogP contribution >= 0.6 is 23.2 Å². The normalized spacial score (nSPS) is 20.5. The Hall–Kier alpha value is -1.99. The van der Waals surface area contributed by atoms with Gasteiger partial charge in [-0.25, -0.2) is 4.79 Å². The molecule has 1 aromatic rings. The van der Waals surface area contributed by atoms with Crippen LogP contribution in [-0.2, 0) is 9.59 Å². The van der Waals surface area contributed by atoms with Gasteiger partial charge in [0, 0.05) is 38.3 Å². The smallest absolute Gasteiger partial charge is 0.322 e. The van der Waals surface area contributed by atoms with Crippen molar-refractivity contribution in [2.24, 2.45) is 0 Å². The molecule has 25 heavy (non-hydrogen) atoms. The fourth-order valence-corrected chi connectivity index (χ4v) is 3.28. The third kappa shape index (κ3) is 4.16. The molecule has 7 nitrogen and oxygen atoms in total. The highest BCUT2D eigenvalue weighted by molar-refractivity contribution is 6.42. The lowest BCUT2D eigenvalue weighted by atomic mass is 10.1. The molecule has 9 heteroatoms. The molecule has 0 spiro atoms. The molecule has 1 unspecified atom stereocenters. The van der Waals surface area contributed by atoms with E-state index in [1.54, 1.807) is 11.0 Å². The number of hydrogen-bond acceptors (Lipinski definition) is 4. The number of anilines is 1. The molecule has 4 amide bonds. The number of nitrogens with zero attached hydrogens (tertiary/aromatic N) is 2. The predicted molar refractivity (Wildman–Crippen MR) is 95.0 cm³/mol. The maximum Gasteiger partial charge on any atom is 0.322 e. The Morgan fingerprint density at radius 1 is 1.12 bits per heavy atom. The van der Waals surface area contributed by atoms with E-state index in [0.717, 1.165) is 5.69 Å². The summed E-state index contributed by atoms with van der Waals surface area (Å²) in [6, 6.07) is 4.37. The van der Waals surface area contributed by atoms with Crippen molar-refractivity contribution in [3.05, 3.63) is 28.2 Å². The summed E-state index contributed by atoms with van der Waals surface area (Å²) in [4.78, 5) is 38.8. The van der Waals surface area contributed by atoms with Gasteiger partial charge in [-0.3, -0.25) is 14.9 Å². The highest BCUT2D eigenvalue weighted by Crippen LogP contribution is 2.27. The summed E-state index contributed by atoms with van der Waals surface area (Å²) in [6.07, 6.45) is 0.536. The number of rotatable bonds is 4. The topological polar surface area (TPSA) is 81.8 Å². The molecule has 2 saturated heterocycles. The molecule has 0 bridgehead atoms. The van der Waals surface area contributed by atoms with Gasteiger partial charge >= 0.3 is 6.03 Å². The number of carbonyl (C=O) groups excluding carboxylic acids is 3. The number of amides is 4. The number of urea groups is 1. The number of halogens is 2. The average Bonchev–Trinajstić information content (AvgIpc) is 2.93. The van der Waals surface area contributed by atoms with Gasteiger partial charge in [-0.1, -0.05) is 23.2 Å². The quantitative estimate of drug-likeness (QED) is 0.772. The van der Waals surface area contributed by atoms with Gasteiger partial charge in [0.05, 0.1) is 10.0 Å². The molecular weight excluding hydrogens is 367 g/mol. The van der Waals surface area contributed by atoms with Crippen molar-refractivity contribution in [1.29, 1.82) is 0 Å². The summed E-state index contributed by atoms with van der Waals surface area (Å²) >= 11 is 12.0. The van der Waals surface area contributed by atoms with Crippen LogP contribution in [0.15, 0.2) is 18.2 Å². The number of nitrogens with one attached hydrogen (secondary N) is 2. The van der Waals surface area contributed by atoms with Crippen molar-refractivity contribution < 1.29 is 14.4 Å². The lowest BCUT2D eigenvalue weighted by Crippen LogP contribution is -2.49. The minimum atomic E-state index is -0.617. The van der Waals surface area contributed by atoms with Gasteiger partial charge in [0.15, 0.2) is 0 Å². The fraction of sp³-hybridized carbons (Fsp3) is 0.438. The summed E-state index contributed by atoms with van der Waals surface area (Å²) in [6.45, 7) is 2.60. The van der Waals surface area contributed by atoms with Crippen LogP contribution in [-0.4, -0.2) is 55.0 Å². The molecular formula is C16H18Cl2N4O3. The molecule has 1 aromatic carbocycles. The molecule has 0 aromatic heterocycles. The van der Waals surface area contributed by atoms with Gasteiger partial charge in [0.1, 0.15) is 6.04 Å². The zero-order chi connectivity index (χ0) is 18.0. The number of carbonyl (C=O) groups is 3. The molecule has 2 aliphatic heterocycles. The Bertz CT molecular complexity index is 705. The summed E-state index contributed by atoms with van der Waals surface area (Å²) in [5.74, 6) is -0.384. The van der Waals surface area contributed by atoms with E-state index in [-0.39, 0.29) is 18.2 Å². The number of benzene rings is 1. The van der Waals surface area contributed by atoms with E-state index in [0.29, 0.717) is 42.6 Å². The first-order valence-electron chi connectivity index (χ1n) is 8.03. The standard InChI is InChI=1S/C16H18Cl2N4O3/c17-11-2-1-10(9-12(11)18)21-5-7-22(8-6-21)14(23)4-3-13-15(24)20-16(25)19-13/h1-2,9,13H,3-8H2,(H2,19,20,24,25). The Labute approximate surface area is 155 Å². The van der Waals surface area contributed by atoms with E-state index in [2.05, 4.69) is 15.5 Å². The van der Waals surface area contributed by atoms with E-state index in [1.807, 2.05) is 12.1 Å². The van der Waals surface area contributed by atoms with Crippen molar-refractivity contribution in [3.8, 4) is 0 Å². The van der Waals surface area contributed by atoms with E-state index >= 15 is 0 Å². The Balaban J connectivity index is 1.48. The molecule has 0 saturated carbocycles. The van der Waals surface area contributed by atoms with Crippen LogP contribution in [0.5, 0.6) is 0 Å². The van der Waals surface area contributed by atoms with Crippen molar-refractivity contribution in [1.82, 2.24) is 15.5 Å². The van der Waals surface area contributed by atoms with Gasteiger partial charge in [0.2, 0.25) is 5.91 Å². The third-order valence-corrected chi connectivity index (χ3v) is 5.15. The second kappa shape index (κ2) is 7.49. The van der Waals surface area contributed by atoms with Crippen LogP contribution < -0.4 is 15.5 Å². The molecule has 2 fully saturated rings. The highest BCUT2D eigenvalue weighted by Gasteiger charge is 2.30. The van der Waals surface area contributed by atoms with Crippen LogP contribution in [0.3, 0.4) is 0 Å². The van der Waals surface area contributed by atoms with E-state index in [9.17, 15) is 14.4 Å². The van der Waals surface area contributed by atoms with Crippen LogP contribution in [0.4, 0.5) is 10.5 Å². The van der Waals surface area contributed by atoms with Gasteiger partial charge < -0.3 is 15.1 Å². The summed E-state index contributed by atoms with van der Waals surface area (Å²) < 4.78 is 0. The Morgan fingerprint density at radius 3 is 2.44 bits per heavy atom. The number of imide groups is 1. The molecule has 0 radical (unpaired) electrons. The van der Waals surface area contributed by atoms with Crippen LogP contribution in [0.2, 0.25) is 10.0 Å². The van der Waals surface area contributed by atoms with Crippen LogP contribution in [0.1, 0.15) is 12.8 Å². The second-order valence-electron chi connectivity index (χ2n) is 6.02.